The summed E-state index contributed by atoms with van der Waals surface area (Å²) < 4.78 is 28.5. The van der Waals surface area contributed by atoms with Crippen molar-refractivity contribution in [3.8, 4) is 16.9 Å². The molecule has 2 aromatic rings. The van der Waals surface area contributed by atoms with Crippen molar-refractivity contribution in [3.63, 3.8) is 0 Å². The SMILES string of the molecule is Cc1cc(-c2ccnnc2)ccc1OC(F)F. The quantitative estimate of drug-likeness (QED) is 0.821. The molecule has 0 saturated carbocycles. The van der Waals surface area contributed by atoms with Gasteiger partial charge in [0, 0.05) is 5.56 Å². The van der Waals surface area contributed by atoms with Crippen molar-refractivity contribution in [1.29, 1.82) is 0 Å². The van der Waals surface area contributed by atoms with Gasteiger partial charge in [-0.25, -0.2) is 0 Å². The topological polar surface area (TPSA) is 35.0 Å². The molecule has 0 saturated heterocycles. The standard InChI is InChI=1S/C12H10F2N2O/c1-8-6-9(10-4-5-15-16-7-10)2-3-11(8)17-12(13)14/h2-7,12H,1H3. The molecule has 0 N–H and O–H groups in total. The van der Waals surface area contributed by atoms with Crippen LogP contribution in [0.3, 0.4) is 0 Å². The van der Waals surface area contributed by atoms with Crippen LogP contribution < -0.4 is 4.74 Å². The zero-order valence-electron chi connectivity index (χ0n) is 9.10. The molecule has 1 aromatic carbocycles. The first-order chi connectivity index (χ1) is 8.16. The van der Waals surface area contributed by atoms with E-state index < -0.39 is 6.61 Å². The van der Waals surface area contributed by atoms with Gasteiger partial charge in [-0.05, 0) is 36.2 Å². The molecule has 0 spiro atoms. The fourth-order valence-corrected chi connectivity index (χ4v) is 1.52. The highest BCUT2D eigenvalue weighted by molar-refractivity contribution is 5.64. The molecule has 1 aromatic heterocycles. The number of nitrogens with zero attached hydrogens (tertiary/aromatic N) is 2. The highest BCUT2D eigenvalue weighted by atomic mass is 19.3. The van der Waals surface area contributed by atoms with Crippen molar-refractivity contribution < 1.29 is 13.5 Å². The van der Waals surface area contributed by atoms with Gasteiger partial charge < -0.3 is 4.74 Å². The van der Waals surface area contributed by atoms with Crippen LogP contribution in [0.1, 0.15) is 5.56 Å². The molecular weight excluding hydrogens is 226 g/mol. The van der Waals surface area contributed by atoms with E-state index in [0.29, 0.717) is 5.56 Å². The molecule has 0 aliphatic rings. The molecule has 17 heavy (non-hydrogen) atoms. The van der Waals surface area contributed by atoms with Gasteiger partial charge in [0.25, 0.3) is 0 Å². The van der Waals surface area contributed by atoms with Crippen molar-refractivity contribution >= 4 is 0 Å². The van der Waals surface area contributed by atoms with Gasteiger partial charge in [-0.3, -0.25) is 0 Å². The van der Waals surface area contributed by atoms with Crippen molar-refractivity contribution in [1.82, 2.24) is 10.2 Å². The summed E-state index contributed by atoms with van der Waals surface area (Å²) in [6, 6.07) is 6.81. The third kappa shape index (κ3) is 2.75. The molecule has 5 heteroatoms. The first-order valence-corrected chi connectivity index (χ1v) is 4.99. The summed E-state index contributed by atoms with van der Waals surface area (Å²) in [5.41, 5.74) is 2.42. The van der Waals surface area contributed by atoms with Crippen LogP contribution in [0.2, 0.25) is 0 Å². The van der Waals surface area contributed by atoms with Crippen LogP contribution in [0, 0.1) is 6.92 Å². The average Bonchev–Trinajstić information content (AvgIpc) is 2.32. The normalized spacial score (nSPS) is 10.6. The fourth-order valence-electron chi connectivity index (χ4n) is 1.52. The summed E-state index contributed by atoms with van der Waals surface area (Å²) in [6.45, 7) is -1.09. The first-order valence-electron chi connectivity index (χ1n) is 4.99. The summed E-state index contributed by atoms with van der Waals surface area (Å²) in [5.74, 6) is 0.186. The van der Waals surface area contributed by atoms with Gasteiger partial charge in [-0.15, -0.1) is 0 Å². The van der Waals surface area contributed by atoms with Gasteiger partial charge in [0.2, 0.25) is 0 Å². The second-order valence-corrected chi connectivity index (χ2v) is 3.49. The van der Waals surface area contributed by atoms with Crippen molar-refractivity contribution in [2.45, 2.75) is 13.5 Å². The average molecular weight is 236 g/mol. The molecule has 3 nitrogen and oxygen atoms in total. The number of aromatic nitrogens is 2. The Morgan fingerprint density at radius 1 is 1.12 bits per heavy atom. The second-order valence-electron chi connectivity index (χ2n) is 3.49. The Bertz CT molecular complexity index is 503. The van der Waals surface area contributed by atoms with Crippen LogP contribution in [0.25, 0.3) is 11.1 Å². The van der Waals surface area contributed by atoms with Crippen molar-refractivity contribution in [3.05, 3.63) is 42.2 Å². The van der Waals surface area contributed by atoms with Gasteiger partial charge >= 0.3 is 6.61 Å². The van der Waals surface area contributed by atoms with Crippen LogP contribution in [0.4, 0.5) is 8.78 Å². The number of hydrogen-bond donors (Lipinski definition) is 0. The van der Waals surface area contributed by atoms with E-state index in [2.05, 4.69) is 14.9 Å². The van der Waals surface area contributed by atoms with Gasteiger partial charge in [0.05, 0.1) is 12.4 Å². The zero-order valence-corrected chi connectivity index (χ0v) is 9.10. The lowest BCUT2D eigenvalue weighted by molar-refractivity contribution is -0.0502. The lowest BCUT2D eigenvalue weighted by Crippen LogP contribution is -2.03. The van der Waals surface area contributed by atoms with Gasteiger partial charge in [-0.2, -0.15) is 19.0 Å². The fraction of sp³-hybridized carbons (Fsp3) is 0.167. The molecule has 0 radical (unpaired) electrons. The van der Waals surface area contributed by atoms with Crippen LogP contribution in [0.15, 0.2) is 36.7 Å². The van der Waals surface area contributed by atoms with Crippen molar-refractivity contribution in [2.24, 2.45) is 0 Å². The monoisotopic (exact) mass is 236 g/mol. The Labute approximate surface area is 97.1 Å². The predicted octanol–water partition coefficient (Wildman–Crippen LogP) is 3.05. The number of benzene rings is 1. The van der Waals surface area contributed by atoms with Crippen LogP contribution >= 0.6 is 0 Å². The molecule has 0 atom stereocenters. The van der Waals surface area contributed by atoms with Crippen molar-refractivity contribution in [2.75, 3.05) is 0 Å². The van der Waals surface area contributed by atoms with E-state index in [-0.39, 0.29) is 5.75 Å². The third-order valence-electron chi connectivity index (χ3n) is 2.31. The first kappa shape index (κ1) is 11.4. The van der Waals surface area contributed by atoms with Gasteiger partial charge in [-0.1, -0.05) is 6.07 Å². The minimum Gasteiger partial charge on any atom is -0.435 e. The molecule has 2 rings (SSSR count). The number of rotatable bonds is 3. The maximum atomic E-state index is 12.1. The van der Waals surface area contributed by atoms with E-state index in [0.717, 1.165) is 11.1 Å². The number of hydrogen-bond acceptors (Lipinski definition) is 3. The van der Waals surface area contributed by atoms with E-state index in [1.54, 1.807) is 37.5 Å². The number of ether oxygens (including phenoxy) is 1. The number of alkyl halides is 2. The van der Waals surface area contributed by atoms with E-state index in [1.165, 1.54) is 6.07 Å². The Hall–Kier alpha value is -2.04. The largest absolute Gasteiger partial charge is 0.435 e. The van der Waals surface area contributed by atoms with E-state index in [9.17, 15) is 8.78 Å². The molecule has 0 aliphatic heterocycles. The highest BCUT2D eigenvalue weighted by Crippen LogP contribution is 2.26. The molecule has 88 valence electrons. The predicted molar refractivity (Wildman–Crippen MR) is 58.8 cm³/mol. The van der Waals surface area contributed by atoms with E-state index in [1.807, 2.05) is 0 Å². The Morgan fingerprint density at radius 2 is 1.94 bits per heavy atom. The van der Waals surface area contributed by atoms with E-state index in [4.69, 9.17) is 0 Å². The summed E-state index contributed by atoms with van der Waals surface area (Å²) >= 11 is 0. The smallest absolute Gasteiger partial charge is 0.387 e. The minimum atomic E-state index is -2.80. The van der Waals surface area contributed by atoms with Gasteiger partial charge in [0.15, 0.2) is 0 Å². The molecule has 1 heterocycles. The second kappa shape index (κ2) is 4.86. The summed E-state index contributed by atoms with van der Waals surface area (Å²) in [7, 11) is 0. The van der Waals surface area contributed by atoms with Crippen LogP contribution in [-0.4, -0.2) is 16.8 Å². The molecule has 0 aliphatic carbocycles. The molecule has 0 unspecified atom stereocenters. The minimum absolute atomic E-state index is 0.186. The van der Waals surface area contributed by atoms with E-state index >= 15 is 0 Å². The summed E-state index contributed by atoms with van der Waals surface area (Å²) in [6.07, 6.45) is 3.19. The summed E-state index contributed by atoms with van der Waals surface area (Å²) in [5, 5.41) is 7.44. The Morgan fingerprint density at radius 3 is 2.53 bits per heavy atom. The lowest BCUT2D eigenvalue weighted by atomic mass is 10.1. The molecule has 0 bridgehead atoms. The maximum Gasteiger partial charge on any atom is 0.387 e. The van der Waals surface area contributed by atoms with Gasteiger partial charge in [0.1, 0.15) is 5.75 Å². The summed E-state index contributed by atoms with van der Waals surface area (Å²) in [4.78, 5) is 0. The van der Waals surface area contributed by atoms with Crippen LogP contribution in [0.5, 0.6) is 5.75 Å². The third-order valence-corrected chi connectivity index (χ3v) is 2.31. The molecule has 0 fully saturated rings. The maximum absolute atomic E-state index is 12.1. The lowest BCUT2D eigenvalue weighted by Gasteiger charge is -2.09. The van der Waals surface area contributed by atoms with Crippen LogP contribution in [-0.2, 0) is 0 Å². The molecular formula is C12H10F2N2O. The number of halogens is 2. The highest BCUT2D eigenvalue weighted by Gasteiger charge is 2.08. The Kier molecular flexibility index (Phi) is 3.27. The Balaban J connectivity index is 2.31. The number of aryl methyl sites for hydroxylation is 1. The zero-order chi connectivity index (χ0) is 12.3. The molecule has 0 amide bonds.